The van der Waals surface area contributed by atoms with E-state index < -0.39 is 14.9 Å². The minimum atomic E-state index is -3.87. The third-order valence-electron chi connectivity index (χ3n) is 4.75. The summed E-state index contributed by atoms with van der Waals surface area (Å²) in [6.45, 7) is 1.61. The zero-order valence-corrected chi connectivity index (χ0v) is 16.9. The smallest absolute Gasteiger partial charge is 0.270 e. The van der Waals surface area contributed by atoms with Crippen molar-refractivity contribution in [1.82, 2.24) is 14.7 Å². The fourth-order valence-electron chi connectivity index (χ4n) is 3.23. The van der Waals surface area contributed by atoms with Crippen LogP contribution >= 0.6 is 0 Å². The Morgan fingerprint density at radius 1 is 1.17 bits per heavy atom. The molecule has 0 spiro atoms. The summed E-state index contributed by atoms with van der Waals surface area (Å²) in [4.78, 5) is 18.4. The van der Waals surface area contributed by atoms with Gasteiger partial charge in [-0.05, 0) is 38.2 Å². The number of aromatic nitrogens is 2. The number of nitrogens with zero attached hydrogens (tertiary/aromatic N) is 3. The number of methoxy groups -OCH3 is 1. The molecule has 156 valence electrons. The number of rotatable bonds is 7. The van der Waals surface area contributed by atoms with Gasteiger partial charge in [0.1, 0.15) is 6.10 Å². The molecular formula is C18H22N4O6S. The largest absolute Gasteiger partial charge is 0.480 e. The van der Waals surface area contributed by atoms with Gasteiger partial charge in [-0.25, -0.2) is 13.1 Å². The second-order valence-electron chi connectivity index (χ2n) is 6.82. The summed E-state index contributed by atoms with van der Waals surface area (Å²) in [5.74, 6) is 0.719. The number of nitro benzene ring substituents is 1. The highest BCUT2D eigenvalue weighted by Gasteiger charge is 2.28. The summed E-state index contributed by atoms with van der Waals surface area (Å²) in [5.41, 5.74) is 0.198. The maximum Gasteiger partial charge on any atom is 0.270 e. The Morgan fingerprint density at radius 2 is 1.86 bits per heavy atom. The molecule has 11 heteroatoms. The highest BCUT2D eigenvalue weighted by atomic mass is 32.2. The molecule has 0 bridgehead atoms. The van der Waals surface area contributed by atoms with E-state index in [4.69, 9.17) is 9.47 Å². The number of nitro groups is 1. The van der Waals surface area contributed by atoms with Gasteiger partial charge in [0, 0.05) is 18.2 Å². The van der Waals surface area contributed by atoms with Gasteiger partial charge in [0.15, 0.2) is 0 Å². The molecule has 1 fully saturated rings. The van der Waals surface area contributed by atoms with Crippen molar-refractivity contribution >= 4 is 15.7 Å². The van der Waals surface area contributed by atoms with Gasteiger partial charge in [0.25, 0.3) is 5.69 Å². The monoisotopic (exact) mass is 422 g/mol. The molecule has 1 N–H and O–H groups in total. The molecule has 0 saturated heterocycles. The Kier molecular flexibility index (Phi) is 6.28. The normalized spacial score (nSPS) is 19.5. The van der Waals surface area contributed by atoms with Crippen molar-refractivity contribution in [3.63, 3.8) is 0 Å². The first-order valence-electron chi connectivity index (χ1n) is 9.08. The van der Waals surface area contributed by atoms with E-state index in [0.29, 0.717) is 43.0 Å². The molecule has 1 saturated carbocycles. The van der Waals surface area contributed by atoms with Crippen LogP contribution in [0.3, 0.4) is 0 Å². The summed E-state index contributed by atoms with van der Waals surface area (Å²) in [5, 5.41) is 11.0. The molecule has 10 nitrogen and oxygen atoms in total. The molecule has 0 radical (unpaired) electrons. The quantitative estimate of drug-likeness (QED) is 0.531. The summed E-state index contributed by atoms with van der Waals surface area (Å²) in [6.07, 6.45) is 5.32. The number of ether oxygens (including phenoxy) is 2. The van der Waals surface area contributed by atoms with Crippen molar-refractivity contribution in [2.24, 2.45) is 0 Å². The Labute approximate surface area is 168 Å². The minimum absolute atomic E-state index is 0.0725. The third kappa shape index (κ3) is 5.18. The number of non-ortho nitro benzene ring substituents is 1. The van der Waals surface area contributed by atoms with E-state index in [2.05, 4.69) is 14.7 Å². The molecule has 0 unspecified atom stereocenters. The van der Waals surface area contributed by atoms with Gasteiger partial charge < -0.3 is 9.47 Å². The zero-order valence-electron chi connectivity index (χ0n) is 16.1. The molecular weight excluding hydrogens is 400 g/mol. The van der Waals surface area contributed by atoms with E-state index >= 15 is 0 Å². The molecule has 3 rings (SSSR count). The van der Waals surface area contributed by atoms with E-state index in [1.54, 1.807) is 6.92 Å². The Balaban J connectivity index is 1.61. The van der Waals surface area contributed by atoms with Gasteiger partial charge >= 0.3 is 0 Å². The predicted octanol–water partition coefficient (Wildman–Crippen LogP) is 2.37. The summed E-state index contributed by atoms with van der Waals surface area (Å²) in [6, 6.07) is 3.55. The number of hydrogen-bond acceptors (Lipinski definition) is 8. The zero-order chi connectivity index (χ0) is 21.0. The van der Waals surface area contributed by atoms with Crippen LogP contribution in [0.4, 0.5) is 5.69 Å². The molecule has 0 aliphatic heterocycles. The van der Waals surface area contributed by atoms with Crippen LogP contribution in [0.5, 0.6) is 11.8 Å². The second-order valence-corrected chi connectivity index (χ2v) is 8.50. The van der Waals surface area contributed by atoms with E-state index in [1.165, 1.54) is 31.6 Å². The maximum atomic E-state index is 12.7. The number of aryl methyl sites for hydroxylation is 1. The van der Waals surface area contributed by atoms with E-state index in [9.17, 15) is 18.5 Å². The molecule has 1 aliphatic rings. The van der Waals surface area contributed by atoms with Crippen LogP contribution in [0.2, 0.25) is 0 Å². The van der Waals surface area contributed by atoms with Crippen molar-refractivity contribution < 1.29 is 22.8 Å². The fourth-order valence-corrected chi connectivity index (χ4v) is 4.80. The van der Waals surface area contributed by atoms with Gasteiger partial charge in [0.05, 0.1) is 29.3 Å². The fraction of sp³-hybridized carbons (Fsp3) is 0.444. The SMILES string of the molecule is COc1cncc(OC2CCC(NS(=O)(=O)c3cc([N+](=O)[O-])ccc3C)CC2)n1. The molecule has 1 aromatic carbocycles. The highest BCUT2D eigenvalue weighted by molar-refractivity contribution is 7.89. The molecule has 1 aliphatic carbocycles. The third-order valence-corrected chi connectivity index (χ3v) is 6.42. The Hall–Kier alpha value is -2.79. The first-order valence-corrected chi connectivity index (χ1v) is 10.6. The van der Waals surface area contributed by atoms with E-state index in [0.717, 1.165) is 6.07 Å². The van der Waals surface area contributed by atoms with Crippen LogP contribution < -0.4 is 14.2 Å². The number of benzene rings is 1. The van der Waals surface area contributed by atoms with Crippen LogP contribution in [0.1, 0.15) is 31.2 Å². The standard InChI is InChI=1S/C18H22N4O6S/c1-12-3-6-14(22(23)24)9-16(12)29(25,26)21-13-4-7-15(8-5-13)28-18-11-19-10-17(20-18)27-2/h3,6,9-11,13,15,21H,4-5,7-8H2,1-2H3. The van der Waals surface area contributed by atoms with Crippen molar-refractivity contribution in [1.29, 1.82) is 0 Å². The van der Waals surface area contributed by atoms with E-state index in [1.807, 2.05) is 0 Å². The lowest BCUT2D eigenvalue weighted by Crippen LogP contribution is -2.39. The molecule has 2 aromatic rings. The summed E-state index contributed by atoms with van der Waals surface area (Å²) >= 11 is 0. The van der Waals surface area contributed by atoms with Crippen LogP contribution in [-0.4, -0.2) is 42.6 Å². The van der Waals surface area contributed by atoms with Crippen molar-refractivity contribution in [2.45, 2.75) is 49.6 Å². The lowest BCUT2D eigenvalue weighted by atomic mass is 9.94. The first-order chi connectivity index (χ1) is 13.8. The average molecular weight is 422 g/mol. The average Bonchev–Trinajstić information content (AvgIpc) is 2.69. The van der Waals surface area contributed by atoms with Crippen LogP contribution in [0.15, 0.2) is 35.5 Å². The molecule has 0 amide bonds. The van der Waals surface area contributed by atoms with Gasteiger partial charge in [-0.1, -0.05) is 6.07 Å². The van der Waals surface area contributed by atoms with Crippen molar-refractivity contribution in [3.05, 3.63) is 46.3 Å². The lowest BCUT2D eigenvalue weighted by molar-refractivity contribution is -0.385. The van der Waals surface area contributed by atoms with Crippen LogP contribution in [0, 0.1) is 17.0 Å². The van der Waals surface area contributed by atoms with Crippen LogP contribution in [-0.2, 0) is 10.0 Å². The minimum Gasteiger partial charge on any atom is -0.480 e. The topological polar surface area (TPSA) is 134 Å². The Bertz CT molecular complexity index is 990. The van der Waals surface area contributed by atoms with Gasteiger partial charge in [0.2, 0.25) is 21.8 Å². The molecule has 29 heavy (non-hydrogen) atoms. The number of hydrogen-bond donors (Lipinski definition) is 1. The highest BCUT2D eigenvalue weighted by Crippen LogP contribution is 2.26. The molecule has 0 atom stereocenters. The lowest BCUT2D eigenvalue weighted by Gasteiger charge is -2.29. The summed E-state index contributed by atoms with van der Waals surface area (Å²) < 4.78 is 39.0. The molecule has 1 heterocycles. The molecule has 1 aromatic heterocycles. The van der Waals surface area contributed by atoms with Gasteiger partial charge in [-0.15, -0.1) is 0 Å². The predicted molar refractivity (Wildman–Crippen MR) is 103 cm³/mol. The Morgan fingerprint density at radius 3 is 2.52 bits per heavy atom. The second kappa shape index (κ2) is 8.70. The summed E-state index contributed by atoms with van der Waals surface area (Å²) in [7, 11) is -2.37. The van der Waals surface area contributed by atoms with Crippen LogP contribution in [0.25, 0.3) is 0 Å². The number of nitrogens with one attached hydrogen (secondary N) is 1. The van der Waals surface area contributed by atoms with Crippen molar-refractivity contribution in [3.8, 4) is 11.8 Å². The van der Waals surface area contributed by atoms with Crippen molar-refractivity contribution in [2.75, 3.05) is 7.11 Å². The number of sulfonamides is 1. The van der Waals surface area contributed by atoms with Gasteiger partial charge in [-0.3, -0.25) is 15.1 Å². The van der Waals surface area contributed by atoms with E-state index in [-0.39, 0.29) is 22.7 Å². The maximum absolute atomic E-state index is 12.7. The van der Waals surface area contributed by atoms with Gasteiger partial charge in [-0.2, -0.15) is 4.98 Å². The first kappa shape index (κ1) is 20.9.